The van der Waals surface area contributed by atoms with Crippen molar-refractivity contribution in [2.45, 2.75) is 45.1 Å². The quantitative estimate of drug-likeness (QED) is 0.847. The molecule has 0 bridgehead atoms. The van der Waals surface area contributed by atoms with Crippen LogP contribution >= 0.6 is 11.3 Å². The molecule has 2 aromatic rings. The summed E-state index contributed by atoms with van der Waals surface area (Å²) in [5, 5.41) is 13.9. The van der Waals surface area contributed by atoms with Crippen LogP contribution in [0.4, 0.5) is 5.82 Å². The summed E-state index contributed by atoms with van der Waals surface area (Å²) in [6.07, 6.45) is 7.39. The average Bonchev–Trinajstić information content (AvgIpc) is 2.59. The van der Waals surface area contributed by atoms with Crippen LogP contribution in [0, 0.1) is 0 Å². The molecule has 5 heteroatoms. The van der Waals surface area contributed by atoms with Gasteiger partial charge >= 0.3 is 0 Å². The summed E-state index contributed by atoms with van der Waals surface area (Å²) in [5.41, 5.74) is 1.44. The van der Waals surface area contributed by atoms with Crippen LogP contribution in [0.1, 0.15) is 36.6 Å². The molecular formula is C14H19N3OS. The zero-order valence-electron chi connectivity index (χ0n) is 11.1. The van der Waals surface area contributed by atoms with Crippen molar-refractivity contribution in [2.75, 3.05) is 11.9 Å². The van der Waals surface area contributed by atoms with Gasteiger partial charge in [-0.25, -0.2) is 9.97 Å². The first-order valence-electron chi connectivity index (χ1n) is 6.93. The van der Waals surface area contributed by atoms with Gasteiger partial charge in [-0.1, -0.05) is 6.42 Å². The van der Waals surface area contributed by atoms with E-state index in [4.69, 9.17) is 0 Å². The first-order chi connectivity index (χ1) is 9.25. The Morgan fingerprint density at radius 1 is 1.32 bits per heavy atom. The van der Waals surface area contributed by atoms with E-state index < -0.39 is 0 Å². The van der Waals surface area contributed by atoms with E-state index in [0.29, 0.717) is 6.54 Å². The Labute approximate surface area is 116 Å². The summed E-state index contributed by atoms with van der Waals surface area (Å²) >= 11 is 1.81. The fourth-order valence-electron chi connectivity index (χ4n) is 2.65. The molecule has 1 aliphatic carbocycles. The Kier molecular flexibility index (Phi) is 3.66. The van der Waals surface area contributed by atoms with E-state index in [0.717, 1.165) is 17.1 Å². The maximum Gasteiger partial charge on any atom is 0.138 e. The fourth-order valence-corrected chi connectivity index (χ4v) is 3.87. The third-order valence-corrected chi connectivity index (χ3v) is 4.77. The lowest BCUT2D eigenvalue weighted by Crippen LogP contribution is -2.16. The van der Waals surface area contributed by atoms with Crippen LogP contribution < -0.4 is 5.32 Å². The number of hydrogen-bond acceptors (Lipinski definition) is 5. The molecule has 0 spiro atoms. The molecule has 2 aromatic heterocycles. The molecule has 102 valence electrons. The Hall–Kier alpha value is -1.20. The van der Waals surface area contributed by atoms with Gasteiger partial charge in [-0.2, -0.15) is 0 Å². The molecule has 2 heterocycles. The molecule has 0 amide bonds. The standard InChI is InChI=1S/C14H19N3OS/c1-9(18)7-15-13-12-10-5-3-2-4-6-11(10)19-14(12)17-8-16-13/h8-9,18H,2-7H2,1H3,(H,15,16,17)/t9-/m1/s1. The number of aromatic nitrogens is 2. The highest BCUT2D eigenvalue weighted by Crippen LogP contribution is 2.37. The number of rotatable bonds is 3. The summed E-state index contributed by atoms with van der Waals surface area (Å²) in [5.74, 6) is 0.880. The van der Waals surface area contributed by atoms with Crippen molar-refractivity contribution in [1.29, 1.82) is 0 Å². The Morgan fingerprint density at radius 2 is 2.16 bits per heavy atom. The molecule has 1 aliphatic rings. The molecular weight excluding hydrogens is 258 g/mol. The molecule has 0 fully saturated rings. The van der Waals surface area contributed by atoms with Crippen LogP contribution in [0.3, 0.4) is 0 Å². The van der Waals surface area contributed by atoms with Crippen molar-refractivity contribution in [1.82, 2.24) is 9.97 Å². The van der Waals surface area contributed by atoms with Crippen molar-refractivity contribution in [3.05, 3.63) is 16.8 Å². The third kappa shape index (κ3) is 2.58. The minimum absolute atomic E-state index is 0.373. The van der Waals surface area contributed by atoms with Crippen molar-refractivity contribution >= 4 is 27.4 Å². The first kappa shape index (κ1) is 12.8. The van der Waals surface area contributed by atoms with E-state index in [2.05, 4.69) is 15.3 Å². The zero-order chi connectivity index (χ0) is 13.2. The number of hydrogen-bond donors (Lipinski definition) is 2. The summed E-state index contributed by atoms with van der Waals surface area (Å²) in [4.78, 5) is 11.3. The van der Waals surface area contributed by atoms with Crippen LogP contribution in [-0.4, -0.2) is 27.7 Å². The Bertz CT molecular complexity index is 579. The molecule has 0 aromatic carbocycles. The number of aliphatic hydroxyl groups is 1. The predicted octanol–water partition coefficient (Wildman–Crippen LogP) is 2.75. The monoisotopic (exact) mass is 277 g/mol. The molecule has 19 heavy (non-hydrogen) atoms. The number of nitrogens with zero attached hydrogens (tertiary/aromatic N) is 2. The second kappa shape index (κ2) is 5.43. The molecule has 1 atom stereocenters. The van der Waals surface area contributed by atoms with Crippen LogP contribution in [0.5, 0.6) is 0 Å². The lowest BCUT2D eigenvalue weighted by molar-refractivity contribution is 0.208. The maximum atomic E-state index is 9.42. The van der Waals surface area contributed by atoms with Gasteiger partial charge in [0, 0.05) is 11.4 Å². The predicted molar refractivity (Wildman–Crippen MR) is 78.8 cm³/mol. The van der Waals surface area contributed by atoms with Gasteiger partial charge in [-0.15, -0.1) is 11.3 Å². The number of fused-ring (bicyclic) bond motifs is 3. The molecule has 4 nitrogen and oxygen atoms in total. The van der Waals surface area contributed by atoms with Crippen molar-refractivity contribution in [3.63, 3.8) is 0 Å². The van der Waals surface area contributed by atoms with Crippen molar-refractivity contribution < 1.29 is 5.11 Å². The molecule has 0 saturated heterocycles. The highest BCUT2D eigenvalue weighted by molar-refractivity contribution is 7.18. The zero-order valence-corrected chi connectivity index (χ0v) is 12.0. The molecule has 0 aliphatic heterocycles. The molecule has 2 N–H and O–H groups in total. The Balaban J connectivity index is 2.04. The molecule has 0 saturated carbocycles. The minimum atomic E-state index is -0.373. The SMILES string of the molecule is C[C@@H](O)CNc1ncnc2sc3c(c12)CCCCC3. The Morgan fingerprint density at radius 3 is 3.00 bits per heavy atom. The number of aryl methyl sites for hydroxylation is 2. The highest BCUT2D eigenvalue weighted by atomic mass is 32.1. The van der Waals surface area contributed by atoms with Crippen molar-refractivity contribution in [3.8, 4) is 0 Å². The average molecular weight is 277 g/mol. The topological polar surface area (TPSA) is 58.0 Å². The van der Waals surface area contributed by atoms with Gasteiger partial charge in [0.2, 0.25) is 0 Å². The lowest BCUT2D eigenvalue weighted by Gasteiger charge is -2.09. The van der Waals surface area contributed by atoms with E-state index in [9.17, 15) is 5.11 Å². The van der Waals surface area contributed by atoms with E-state index in [1.807, 2.05) is 11.3 Å². The van der Waals surface area contributed by atoms with Gasteiger partial charge in [0.05, 0.1) is 11.5 Å². The number of aliphatic hydroxyl groups excluding tert-OH is 1. The van der Waals surface area contributed by atoms with Crippen LogP contribution in [0.2, 0.25) is 0 Å². The second-order valence-corrected chi connectivity index (χ2v) is 6.28. The van der Waals surface area contributed by atoms with E-state index in [1.165, 1.54) is 41.5 Å². The van der Waals surface area contributed by atoms with Gasteiger partial charge in [-0.3, -0.25) is 0 Å². The van der Waals surface area contributed by atoms with Gasteiger partial charge in [-0.05, 0) is 38.2 Å². The van der Waals surface area contributed by atoms with E-state index in [1.54, 1.807) is 13.3 Å². The van der Waals surface area contributed by atoms with Crippen LogP contribution in [0.15, 0.2) is 6.33 Å². The highest BCUT2D eigenvalue weighted by Gasteiger charge is 2.18. The van der Waals surface area contributed by atoms with Gasteiger partial charge < -0.3 is 10.4 Å². The molecule has 0 unspecified atom stereocenters. The van der Waals surface area contributed by atoms with Gasteiger partial charge in [0.1, 0.15) is 17.0 Å². The fraction of sp³-hybridized carbons (Fsp3) is 0.571. The molecule has 0 radical (unpaired) electrons. The second-order valence-electron chi connectivity index (χ2n) is 5.20. The van der Waals surface area contributed by atoms with Crippen molar-refractivity contribution in [2.24, 2.45) is 0 Å². The number of thiophene rings is 1. The van der Waals surface area contributed by atoms with Crippen LogP contribution in [0.25, 0.3) is 10.2 Å². The normalized spacial score (nSPS) is 16.9. The molecule has 3 rings (SSSR count). The van der Waals surface area contributed by atoms with Gasteiger partial charge in [0.15, 0.2) is 0 Å². The number of nitrogens with one attached hydrogen (secondary N) is 1. The van der Waals surface area contributed by atoms with Crippen LogP contribution in [-0.2, 0) is 12.8 Å². The summed E-state index contributed by atoms with van der Waals surface area (Å²) < 4.78 is 0. The largest absolute Gasteiger partial charge is 0.392 e. The minimum Gasteiger partial charge on any atom is -0.392 e. The summed E-state index contributed by atoms with van der Waals surface area (Å²) in [6.45, 7) is 2.30. The summed E-state index contributed by atoms with van der Waals surface area (Å²) in [7, 11) is 0. The van der Waals surface area contributed by atoms with E-state index >= 15 is 0 Å². The summed E-state index contributed by atoms with van der Waals surface area (Å²) in [6, 6.07) is 0. The smallest absolute Gasteiger partial charge is 0.138 e. The van der Waals surface area contributed by atoms with E-state index in [-0.39, 0.29) is 6.10 Å². The number of anilines is 1. The first-order valence-corrected chi connectivity index (χ1v) is 7.74. The lowest BCUT2D eigenvalue weighted by atomic mass is 10.1. The maximum absolute atomic E-state index is 9.42. The third-order valence-electron chi connectivity index (χ3n) is 3.57. The van der Waals surface area contributed by atoms with Gasteiger partial charge in [0.25, 0.3) is 0 Å².